The van der Waals surface area contributed by atoms with E-state index in [1.54, 1.807) is 0 Å². The van der Waals surface area contributed by atoms with Crippen molar-refractivity contribution in [2.75, 3.05) is 0 Å². The molecule has 0 fully saturated rings. The maximum atomic E-state index is 11.9. The van der Waals surface area contributed by atoms with Gasteiger partial charge in [0.25, 0.3) is 0 Å². The van der Waals surface area contributed by atoms with E-state index in [1.807, 2.05) is 36.4 Å². The third-order valence-corrected chi connectivity index (χ3v) is 6.96. The summed E-state index contributed by atoms with van der Waals surface area (Å²) in [4.78, 5) is 23.6. The molecule has 1 aliphatic rings. The van der Waals surface area contributed by atoms with Gasteiger partial charge in [-0.3, -0.25) is 4.79 Å². The van der Waals surface area contributed by atoms with Crippen molar-refractivity contribution in [3.05, 3.63) is 75.9 Å². The van der Waals surface area contributed by atoms with Gasteiger partial charge < -0.3 is 9.52 Å². The van der Waals surface area contributed by atoms with Crippen molar-refractivity contribution in [2.24, 2.45) is 11.1 Å². The van der Waals surface area contributed by atoms with Crippen molar-refractivity contribution >= 4 is 16.9 Å². The molecule has 0 bridgehead atoms. The molecule has 1 N–H and O–H groups in total. The van der Waals surface area contributed by atoms with Crippen LogP contribution in [0.3, 0.4) is 0 Å². The van der Waals surface area contributed by atoms with Crippen LogP contribution >= 0.6 is 0 Å². The van der Waals surface area contributed by atoms with Gasteiger partial charge in [0.15, 0.2) is 0 Å². The highest BCUT2D eigenvalue weighted by Crippen LogP contribution is 2.35. The van der Waals surface area contributed by atoms with Gasteiger partial charge in [0.1, 0.15) is 17.4 Å². The molecular formula is C28H33NO4. The number of aliphatic carboxylic acids is 1. The minimum absolute atomic E-state index is 0.226. The molecule has 1 aliphatic carbocycles. The Bertz CT molecular complexity index is 1070. The molecule has 0 spiro atoms. The van der Waals surface area contributed by atoms with Gasteiger partial charge in [-0.2, -0.15) is 4.91 Å². The zero-order chi connectivity index (χ0) is 23.0. The topological polar surface area (TPSA) is 79.9 Å². The number of furan rings is 1. The van der Waals surface area contributed by atoms with Crippen molar-refractivity contribution < 1.29 is 14.3 Å². The summed E-state index contributed by atoms with van der Waals surface area (Å²) in [6.45, 7) is 0. The smallest absolute Gasteiger partial charge is 0.306 e. The number of nitrogens with zero attached hydrogens (tertiary/aromatic N) is 1. The summed E-state index contributed by atoms with van der Waals surface area (Å²) in [5, 5.41) is 14.2. The third kappa shape index (κ3) is 5.89. The molecule has 0 radical (unpaired) electrons. The lowest BCUT2D eigenvalue weighted by Crippen LogP contribution is -2.16. The lowest BCUT2D eigenvalue weighted by atomic mass is 9.90. The second kappa shape index (κ2) is 11.3. The Hall–Kier alpha value is -2.95. The monoisotopic (exact) mass is 447 g/mol. The van der Waals surface area contributed by atoms with E-state index in [1.165, 1.54) is 24.0 Å². The standard InChI is InChI=1S/C28H33NO4/c30-28(31)22(13-7-2-6-12-20-10-4-1-5-11-20)18-25(29-32)21-16-17-24-23-14-8-3-9-15-26(23)33-27(24)19-21/h1,4-5,10-11,16-17,19,22,25H,2-3,6-9,12-15,18H2,(H,30,31). The van der Waals surface area contributed by atoms with Crippen LogP contribution in [0.2, 0.25) is 0 Å². The first-order valence-electron chi connectivity index (χ1n) is 12.3. The Kier molecular flexibility index (Phi) is 7.92. The Morgan fingerprint density at radius 2 is 1.82 bits per heavy atom. The zero-order valence-corrected chi connectivity index (χ0v) is 19.2. The molecule has 0 aliphatic heterocycles. The van der Waals surface area contributed by atoms with Gasteiger partial charge in [-0.1, -0.05) is 66.9 Å². The number of unbranched alkanes of at least 4 members (excludes halogenated alkanes) is 2. The Labute approximate surface area is 195 Å². The third-order valence-electron chi connectivity index (χ3n) is 6.96. The van der Waals surface area contributed by atoms with E-state index in [2.05, 4.69) is 17.3 Å². The van der Waals surface area contributed by atoms with E-state index in [0.717, 1.165) is 67.2 Å². The maximum Gasteiger partial charge on any atom is 0.306 e. The van der Waals surface area contributed by atoms with Crippen molar-refractivity contribution in [3.8, 4) is 0 Å². The van der Waals surface area contributed by atoms with Crippen molar-refractivity contribution in [3.63, 3.8) is 0 Å². The van der Waals surface area contributed by atoms with Crippen molar-refractivity contribution in [2.45, 2.75) is 76.7 Å². The molecule has 2 atom stereocenters. The number of aryl methyl sites for hydroxylation is 3. The number of hydrogen-bond acceptors (Lipinski definition) is 4. The summed E-state index contributed by atoms with van der Waals surface area (Å²) < 4.78 is 6.13. The molecule has 0 amide bonds. The van der Waals surface area contributed by atoms with Crippen LogP contribution in [-0.4, -0.2) is 11.1 Å². The number of nitroso groups, excluding NO2 is 1. The van der Waals surface area contributed by atoms with Gasteiger partial charge in [-0.25, -0.2) is 0 Å². The average Bonchev–Trinajstić information content (AvgIpc) is 3.00. The van der Waals surface area contributed by atoms with Gasteiger partial charge in [-0.15, -0.1) is 0 Å². The molecule has 4 rings (SSSR count). The van der Waals surface area contributed by atoms with E-state index < -0.39 is 17.9 Å². The summed E-state index contributed by atoms with van der Waals surface area (Å²) in [6, 6.07) is 15.5. The highest BCUT2D eigenvalue weighted by atomic mass is 16.4. The van der Waals surface area contributed by atoms with Crippen LogP contribution in [-0.2, 0) is 24.1 Å². The minimum atomic E-state index is -0.850. The average molecular weight is 448 g/mol. The molecule has 2 unspecified atom stereocenters. The second-order valence-corrected chi connectivity index (χ2v) is 9.30. The van der Waals surface area contributed by atoms with E-state index in [4.69, 9.17) is 4.42 Å². The highest BCUT2D eigenvalue weighted by molar-refractivity contribution is 5.83. The largest absolute Gasteiger partial charge is 0.481 e. The highest BCUT2D eigenvalue weighted by Gasteiger charge is 2.25. The Balaban J connectivity index is 1.36. The molecule has 1 aromatic heterocycles. The lowest BCUT2D eigenvalue weighted by molar-refractivity contribution is -0.142. The van der Waals surface area contributed by atoms with Crippen LogP contribution < -0.4 is 0 Å². The number of fused-ring (bicyclic) bond motifs is 3. The first-order chi connectivity index (χ1) is 16.2. The van der Waals surface area contributed by atoms with Gasteiger partial charge >= 0.3 is 5.97 Å². The van der Waals surface area contributed by atoms with Gasteiger partial charge in [0, 0.05) is 17.4 Å². The molecule has 174 valence electrons. The Morgan fingerprint density at radius 1 is 1.00 bits per heavy atom. The molecule has 33 heavy (non-hydrogen) atoms. The zero-order valence-electron chi connectivity index (χ0n) is 19.2. The molecule has 0 saturated heterocycles. The van der Waals surface area contributed by atoms with Gasteiger partial charge in [-0.05, 0) is 62.1 Å². The fourth-order valence-corrected chi connectivity index (χ4v) is 5.06. The number of carbonyl (C=O) groups is 1. The summed E-state index contributed by atoms with van der Waals surface area (Å²) in [5.74, 6) is -0.361. The van der Waals surface area contributed by atoms with Crippen molar-refractivity contribution in [1.82, 2.24) is 0 Å². The van der Waals surface area contributed by atoms with Gasteiger partial charge in [0.2, 0.25) is 0 Å². The Morgan fingerprint density at radius 3 is 2.61 bits per heavy atom. The normalized spacial score (nSPS) is 15.5. The number of rotatable bonds is 11. The summed E-state index contributed by atoms with van der Waals surface area (Å²) in [5.41, 5.74) is 4.14. The fourth-order valence-electron chi connectivity index (χ4n) is 5.06. The molecule has 0 saturated carbocycles. The summed E-state index contributed by atoms with van der Waals surface area (Å²) in [7, 11) is 0. The predicted octanol–water partition coefficient (Wildman–Crippen LogP) is 7.40. The first-order valence-corrected chi connectivity index (χ1v) is 12.3. The molecule has 5 heteroatoms. The fraction of sp³-hybridized carbons (Fsp3) is 0.464. The summed E-state index contributed by atoms with van der Waals surface area (Å²) >= 11 is 0. The molecule has 2 aromatic carbocycles. The predicted molar refractivity (Wildman–Crippen MR) is 130 cm³/mol. The molecular weight excluding hydrogens is 414 g/mol. The van der Waals surface area contributed by atoms with E-state index >= 15 is 0 Å². The van der Waals surface area contributed by atoms with Crippen LogP contribution in [0.1, 0.15) is 79.9 Å². The van der Waals surface area contributed by atoms with Crippen LogP contribution in [0.4, 0.5) is 0 Å². The van der Waals surface area contributed by atoms with Crippen LogP contribution in [0, 0.1) is 10.8 Å². The first kappa shape index (κ1) is 23.2. The number of carboxylic acids is 1. The van der Waals surface area contributed by atoms with E-state index in [-0.39, 0.29) is 6.42 Å². The minimum Gasteiger partial charge on any atom is -0.481 e. The SMILES string of the molecule is O=NC(CC(CCCCCc1ccccc1)C(=O)O)c1ccc2c3c(oc2c1)CCCCC3. The van der Waals surface area contributed by atoms with E-state index in [9.17, 15) is 14.8 Å². The number of benzene rings is 2. The lowest BCUT2D eigenvalue weighted by Gasteiger charge is -2.16. The summed E-state index contributed by atoms with van der Waals surface area (Å²) in [6.07, 6.45) is 10.2. The number of hydrogen-bond donors (Lipinski definition) is 1. The molecule has 1 heterocycles. The quantitative estimate of drug-likeness (QED) is 0.189. The second-order valence-electron chi connectivity index (χ2n) is 9.30. The van der Waals surface area contributed by atoms with Crippen LogP contribution in [0.5, 0.6) is 0 Å². The van der Waals surface area contributed by atoms with Crippen LogP contribution in [0.15, 0.2) is 58.1 Å². The maximum absolute atomic E-state index is 11.9. The molecule has 5 nitrogen and oxygen atoms in total. The van der Waals surface area contributed by atoms with Crippen LogP contribution in [0.25, 0.3) is 11.0 Å². The van der Waals surface area contributed by atoms with E-state index in [0.29, 0.717) is 6.42 Å². The van der Waals surface area contributed by atoms with Crippen molar-refractivity contribution in [1.29, 1.82) is 0 Å². The molecule has 3 aromatic rings. The number of carboxylic acid groups (broad SMARTS) is 1. The van der Waals surface area contributed by atoms with Gasteiger partial charge in [0.05, 0.1) is 5.92 Å².